The molecular weight excluding hydrogens is 510 g/mol. The lowest BCUT2D eigenvalue weighted by Crippen LogP contribution is -2.61. The second-order valence-corrected chi connectivity index (χ2v) is 10.6. The summed E-state index contributed by atoms with van der Waals surface area (Å²) in [6, 6.07) is 9.76. The van der Waals surface area contributed by atoms with Crippen molar-refractivity contribution in [1.82, 2.24) is 0 Å². The van der Waals surface area contributed by atoms with Crippen LogP contribution < -0.4 is 9.80 Å². The number of hydrogen-bond acceptors (Lipinski definition) is 6. The number of rotatable bonds is 4. The number of amides is 4. The van der Waals surface area contributed by atoms with Gasteiger partial charge in [0.2, 0.25) is 23.6 Å². The summed E-state index contributed by atoms with van der Waals surface area (Å²) in [5.74, 6) is -9.42. The van der Waals surface area contributed by atoms with Gasteiger partial charge in [0.15, 0.2) is 0 Å². The lowest BCUT2D eigenvalue weighted by atomic mass is 9.43. The maximum absolute atomic E-state index is 14.0. The predicted molar refractivity (Wildman–Crippen MR) is 133 cm³/mol. The Labute approximate surface area is 222 Å². The van der Waals surface area contributed by atoms with E-state index in [1.807, 2.05) is 0 Å². The Morgan fingerprint density at radius 2 is 1.18 bits per heavy atom. The van der Waals surface area contributed by atoms with Crippen molar-refractivity contribution < 1.29 is 37.5 Å². The second kappa shape index (κ2) is 8.39. The number of imide groups is 2. The van der Waals surface area contributed by atoms with Crippen LogP contribution >= 0.6 is 0 Å². The summed E-state index contributed by atoms with van der Waals surface area (Å²) in [6.07, 6.45) is 0. The molecular formula is C29H24F2N2O6. The summed E-state index contributed by atoms with van der Waals surface area (Å²) < 4.78 is 32.6. The Balaban J connectivity index is 1.54. The van der Waals surface area contributed by atoms with E-state index in [1.54, 1.807) is 20.8 Å². The summed E-state index contributed by atoms with van der Waals surface area (Å²) in [7, 11) is 0. The van der Waals surface area contributed by atoms with Gasteiger partial charge in [0.05, 0.1) is 41.7 Å². The van der Waals surface area contributed by atoms with Crippen LogP contribution in [0.1, 0.15) is 20.8 Å². The maximum atomic E-state index is 14.0. The average Bonchev–Trinajstić information content (AvgIpc) is 3.32. The Hall–Kier alpha value is -4.21. The number of esters is 1. The van der Waals surface area contributed by atoms with Gasteiger partial charge in [-0.1, -0.05) is 12.5 Å². The summed E-state index contributed by atoms with van der Waals surface area (Å²) in [5.41, 5.74) is -0.669. The lowest BCUT2D eigenvalue weighted by Gasteiger charge is -2.55. The molecule has 4 amide bonds. The van der Waals surface area contributed by atoms with Crippen molar-refractivity contribution in [2.24, 2.45) is 35.0 Å². The molecule has 200 valence electrons. The molecule has 3 fully saturated rings. The Bertz CT molecular complexity index is 1410. The van der Waals surface area contributed by atoms with Crippen LogP contribution in [0.25, 0.3) is 0 Å². The van der Waals surface area contributed by atoms with Crippen molar-refractivity contribution in [3.8, 4) is 0 Å². The molecule has 4 unspecified atom stereocenters. The number of ether oxygens (including phenoxy) is 1. The number of halogens is 2. The molecule has 4 atom stereocenters. The number of nitrogens with zero attached hydrogens (tertiary/aromatic N) is 2. The molecule has 0 aromatic heterocycles. The van der Waals surface area contributed by atoms with Gasteiger partial charge in [0.1, 0.15) is 11.6 Å². The van der Waals surface area contributed by atoms with Crippen LogP contribution in [0.4, 0.5) is 20.2 Å². The van der Waals surface area contributed by atoms with Crippen molar-refractivity contribution >= 4 is 41.0 Å². The Morgan fingerprint density at radius 3 is 1.56 bits per heavy atom. The highest BCUT2D eigenvalue weighted by atomic mass is 19.1. The minimum Gasteiger partial charge on any atom is -0.463 e. The van der Waals surface area contributed by atoms with Crippen LogP contribution in [0.2, 0.25) is 0 Å². The SMILES string of the molecule is CCOC(=O)C1=C(C)C2C3C(=O)N(c4ccc(F)cc4)C(=O)C3C1(C)C1C(=O)N(c3ccc(F)cc3)C(=O)C21. The van der Waals surface area contributed by atoms with Gasteiger partial charge in [-0.15, -0.1) is 0 Å². The maximum Gasteiger partial charge on any atom is 0.334 e. The molecule has 2 bridgehead atoms. The first-order chi connectivity index (χ1) is 18.5. The monoisotopic (exact) mass is 534 g/mol. The summed E-state index contributed by atoms with van der Waals surface area (Å²) in [5, 5.41) is 0. The number of carbonyl (C=O) groups is 5. The topological polar surface area (TPSA) is 101 Å². The molecule has 3 aliphatic carbocycles. The van der Waals surface area contributed by atoms with E-state index < -0.39 is 76.2 Å². The third-order valence-electron chi connectivity index (χ3n) is 8.85. The molecule has 0 radical (unpaired) electrons. The number of allylic oxidation sites excluding steroid dienone is 1. The van der Waals surface area contributed by atoms with Gasteiger partial charge in [-0.05, 0) is 62.4 Å². The molecule has 2 heterocycles. The van der Waals surface area contributed by atoms with Gasteiger partial charge in [0.25, 0.3) is 0 Å². The number of anilines is 2. The zero-order valence-electron chi connectivity index (χ0n) is 21.3. The Kier molecular flexibility index (Phi) is 5.40. The van der Waals surface area contributed by atoms with Crippen LogP contribution in [0.15, 0.2) is 59.7 Å². The molecule has 2 aliphatic heterocycles. The molecule has 8 nitrogen and oxygen atoms in total. The summed E-state index contributed by atoms with van der Waals surface area (Å²) in [6.45, 7) is 4.88. The molecule has 2 aromatic carbocycles. The van der Waals surface area contributed by atoms with Crippen molar-refractivity contribution in [1.29, 1.82) is 0 Å². The molecule has 1 saturated carbocycles. The lowest BCUT2D eigenvalue weighted by molar-refractivity contribution is -0.155. The fourth-order valence-electron chi connectivity index (χ4n) is 7.50. The highest BCUT2D eigenvalue weighted by Crippen LogP contribution is 2.68. The van der Waals surface area contributed by atoms with E-state index in [9.17, 15) is 32.8 Å². The molecule has 0 spiro atoms. The van der Waals surface area contributed by atoms with Crippen LogP contribution in [0.5, 0.6) is 0 Å². The van der Waals surface area contributed by atoms with Gasteiger partial charge in [-0.25, -0.2) is 13.6 Å². The molecule has 7 rings (SSSR count). The smallest absolute Gasteiger partial charge is 0.334 e. The van der Waals surface area contributed by atoms with Crippen LogP contribution in [-0.4, -0.2) is 36.2 Å². The minimum absolute atomic E-state index is 0.0434. The normalized spacial score (nSPS) is 31.3. The van der Waals surface area contributed by atoms with E-state index in [1.165, 1.54) is 24.3 Å². The van der Waals surface area contributed by atoms with Crippen LogP contribution in [0.3, 0.4) is 0 Å². The fourth-order valence-corrected chi connectivity index (χ4v) is 7.50. The first kappa shape index (κ1) is 25.1. The van der Waals surface area contributed by atoms with E-state index in [2.05, 4.69) is 0 Å². The zero-order chi connectivity index (χ0) is 28.0. The Morgan fingerprint density at radius 1 is 0.769 bits per heavy atom. The number of benzene rings is 2. The van der Waals surface area contributed by atoms with E-state index in [0.717, 1.165) is 34.1 Å². The van der Waals surface area contributed by atoms with Gasteiger partial charge >= 0.3 is 5.97 Å². The van der Waals surface area contributed by atoms with E-state index >= 15 is 0 Å². The quantitative estimate of drug-likeness (QED) is 0.440. The largest absolute Gasteiger partial charge is 0.463 e. The van der Waals surface area contributed by atoms with Gasteiger partial charge in [-0.3, -0.25) is 29.0 Å². The molecule has 5 aliphatic rings. The van der Waals surface area contributed by atoms with Crippen molar-refractivity contribution in [2.75, 3.05) is 16.4 Å². The van der Waals surface area contributed by atoms with Crippen LogP contribution in [0, 0.1) is 46.6 Å². The predicted octanol–water partition coefficient (Wildman–Crippen LogP) is 3.41. The van der Waals surface area contributed by atoms with Gasteiger partial charge in [0, 0.05) is 16.9 Å². The standard InChI is InChI=1S/C29H24F2N2O6/c1-4-39-28(38)21-13(2)18-19-22(26(36)32(24(19)34)16-9-5-14(30)6-10-16)29(21,3)23-20(18)25(35)33(27(23)37)17-11-7-15(31)8-12-17/h5-12,18-20,22-23H,4H2,1-3H3. The summed E-state index contributed by atoms with van der Waals surface area (Å²) in [4.78, 5) is 71.1. The van der Waals surface area contributed by atoms with Crippen LogP contribution in [-0.2, 0) is 28.7 Å². The van der Waals surface area contributed by atoms with Gasteiger partial charge in [-0.2, -0.15) is 0 Å². The average molecular weight is 535 g/mol. The van der Waals surface area contributed by atoms with Gasteiger partial charge < -0.3 is 4.74 Å². The number of hydrogen-bond donors (Lipinski definition) is 0. The highest BCUT2D eigenvalue weighted by molar-refractivity contribution is 6.27. The second-order valence-electron chi connectivity index (χ2n) is 10.6. The molecule has 2 saturated heterocycles. The molecule has 2 aromatic rings. The van der Waals surface area contributed by atoms with Crippen molar-refractivity contribution in [3.63, 3.8) is 0 Å². The summed E-state index contributed by atoms with van der Waals surface area (Å²) >= 11 is 0. The first-order valence-electron chi connectivity index (χ1n) is 12.7. The minimum atomic E-state index is -1.55. The number of carbonyl (C=O) groups excluding carboxylic acids is 5. The van der Waals surface area contributed by atoms with E-state index in [0.29, 0.717) is 5.57 Å². The highest BCUT2D eigenvalue weighted by Gasteiger charge is 2.77. The van der Waals surface area contributed by atoms with E-state index in [-0.39, 0.29) is 23.6 Å². The first-order valence-corrected chi connectivity index (χ1v) is 12.7. The third kappa shape index (κ3) is 3.11. The van der Waals surface area contributed by atoms with Crippen molar-refractivity contribution in [3.05, 3.63) is 71.3 Å². The molecule has 0 N–H and O–H groups in total. The van der Waals surface area contributed by atoms with Crippen molar-refractivity contribution in [2.45, 2.75) is 20.8 Å². The molecule has 39 heavy (non-hydrogen) atoms. The van der Waals surface area contributed by atoms with E-state index in [4.69, 9.17) is 4.74 Å². The fraction of sp³-hybridized carbons (Fsp3) is 0.345. The third-order valence-corrected chi connectivity index (χ3v) is 8.85. The zero-order valence-corrected chi connectivity index (χ0v) is 21.3. The molecule has 10 heteroatoms.